The third-order valence-corrected chi connectivity index (χ3v) is 4.57. The Morgan fingerprint density at radius 1 is 1.16 bits per heavy atom. The van der Waals surface area contributed by atoms with Crippen LogP contribution in [-0.4, -0.2) is 46.6 Å². The first kappa shape index (κ1) is 17.1. The molecule has 0 fully saturated rings. The zero-order chi connectivity index (χ0) is 17.9. The van der Waals surface area contributed by atoms with Crippen molar-refractivity contribution in [3.8, 4) is 11.4 Å². The van der Waals surface area contributed by atoms with Gasteiger partial charge < -0.3 is 10.4 Å². The number of rotatable bonds is 6. The molecule has 1 heterocycles. The summed E-state index contributed by atoms with van der Waals surface area (Å²) in [6.45, 7) is 0.187. The summed E-state index contributed by atoms with van der Waals surface area (Å²) in [5, 5.41) is 24.3. The van der Waals surface area contributed by atoms with E-state index >= 15 is 0 Å². The van der Waals surface area contributed by atoms with Gasteiger partial charge in [0.1, 0.15) is 0 Å². The number of anilines is 2. The topological polar surface area (TPSA) is 110 Å². The van der Waals surface area contributed by atoms with Crippen LogP contribution >= 0.6 is 0 Å². The molecule has 25 heavy (non-hydrogen) atoms. The molecule has 2 N–H and O–H groups in total. The number of hydrogen-bond donors (Lipinski definition) is 2. The zero-order valence-corrected chi connectivity index (χ0v) is 14.3. The van der Waals surface area contributed by atoms with E-state index in [1.807, 2.05) is 24.3 Å². The second-order valence-electron chi connectivity index (χ2n) is 5.40. The van der Waals surface area contributed by atoms with Gasteiger partial charge in [0.05, 0.1) is 18.0 Å². The summed E-state index contributed by atoms with van der Waals surface area (Å²) in [5.74, 6) is 0.413. The van der Waals surface area contributed by atoms with E-state index in [0.717, 1.165) is 11.3 Å². The predicted molar refractivity (Wildman–Crippen MR) is 93.2 cm³/mol. The summed E-state index contributed by atoms with van der Waals surface area (Å²) < 4.78 is 23.4. The van der Waals surface area contributed by atoms with Gasteiger partial charge in [0, 0.05) is 23.2 Å². The highest BCUT2D eigenvalue weighted by atomic mass is 32.2. The molecule has 0 unspecified atom stereocenters. The summed E-state index contributed by atoms with van der Waals surface area (Å²) in [4.78, 5) is 1.55. The first-order valence-electron chi connectivity index (χ1n) is 7.52. The number of tetrazole rings is 1. The monoisotopic (exact) mass is 359 g/mol. The van der Waals surface area contributed by atoms with Gasteiger partial charge in [-0.05, 0) is 35.5 Å². The Kier molecular flexibility index (Phi) is 4.77. The van der Waals surface area contributed by atoms with Gasteiger partial charge in [0.25, 0.3) is 0 Å². The molecule has 0 atom stereocenters. The molecule has 3 rings (SSSR count). The molecule has 0 spiro atoms. The highest BCUT2D eigenvalue weighted by Crippen LogP contribution is 2.28. The number of nitrogens with zero attached hydrogens (tertiary/aromatic N) is 4. The van der Waals surface area contributed by atoms with E-state index in [0.29, 0.717) is 11.5 Å². The lowest BCUT2D eigenvalue weighted by Crippen LogP contribution is -2.05. The van der Waals surface area contributed by atoms with Gasteiger partial charge in [-0.15, -0.1) is 10.2 Å². The van der Waals surface area contributed by atoms with E-state index in [1.165, 1.54) is 11.1 Å². The molecule has 0 amide bonds. The Bertz CT molecular complexity index is 985. The molecular formula is C16H17N5O3S. The van der Waals surface area contributed by atoms with Crippen LogP contribution in [0.5, 0.6) is 0 Å². The minimum absolute atomic E-state index is 0.0754. The van der Waals surface area contributed by atoms with Crippen molar-refractivity contribution >= 4 is 21.2 Å². The van der Waals surface area contributed by atoms with Gasteiger partial charge >= 0.3 is 0 Å². The zero-order valence-electron chi connectivity index (χ0n) is 13.5. The highest BCUT2D eigenvalue weighted by Gasteiger charge is 2.12. The van der Waals surface area contributed by atoms with E-state index in [9.17, 15) is 8.42 Å². The third kappa shape index (κ3) is 4.01. The summed E-state index contributed by atoms with van der Waals surface area (Å²) in [6.07, 6.45) is 1.17. The predicted octanol–water partition coefficient (Wildman–Crippen LogP) is 1.48. The van der Waals surface area contributed by atoms with Crippen LogP contribution in [0.2, 0.25) is 0 Å². The number of para-hydroxylation sites is 1. The molecule has 0 radical (unpaired) electrons. The molecule has 0 saturated carbocycles. The van der Waals surface area contributed by atoms with Crippen molar-refractivity contribution in [2.45, 2.75) is 11.4 Å². The van der Waals surface area contributed by atoms with Crippen LogP contribution in [0, 0.1) is 0 Å². The second-order valence-corrected chi connectivity index (χ2v) is 7.42. The van der Waals surface area contributed by atoms with Crippen molar-refractivity contribution in [3.63, 3.8) is 0 Å². The number of aliphatic hydroxyl groups is 1. The second kappa shape index (κ2) is 6.99. The molecular weight excluding hydrogens is 342 g/mol. The van der Waals surface area contributed by atoms with Crippen LogP contribution in [-0.2, 0) is 16.4 Å². The Morgan fingerprint density at radius 2 is 1.96 bits per heavy atom. The van der Waals surface area contributed by atoms with E-state index in [2.05, 4.69) is 20.7 Å². The molecule has 0 aliphatic heterocycles. The maximum absolute atomic E-state index is 11.7. The van der Waals surface area contributed by atoms with Gasteiger partial charge in [0.15, 0.2) is 9.84 Å². The fourth-order valence-electron chi connectivity index (χ4n) is 2.28. The molecule has 0 saturated heterocycles. The van der Waals surface area contributed by atoms with E-state index in [4.69, 9.17) is 5.11 Å². The molecule has 0 aliphatic rings. The molecule has 8 nitrogen and oxygen atoms in total. The molecule has 130 valence electrons. The van der Waals surface area contributed by atoms with Crippen LogP contribution in [0.25, 0.3) is 11.4 Å². The molecule has 1 aromatic heterocycles. The van der Waals surface area contributed by atoms with E-state index < -0.39 is 9.84 Å². The normalized spacial score (nSPS) is 11.4. The summed E-state index contributed by atoms with van der Waals surface area (Å²) >= 11 is 0. The van der Waals surface area contributed by atoms with Crippen molar-refractivity contribution in [1.82, 2.24) is 20.2 Å². The van der Waals surface area contributed by atoms with Crippen LogP contribution < -0.4 is 5.32 Å². The fourth-order valence-corrected chi connectivity index (χ4v) is 2.95. The summed E-state index contributed by atoms with van der Waals surface area (Å²) in [6, 6.07) is 14.0. The maximum atomic E-state index is 11.7. The van der Waals surface area contributed by atoms with Crippen LogP contribution in [0.3, 0.4) is 0 Å². The largest absolute Gasteiger partial charge is 0.394 e. The Labute approximate surface area is 145 Å². The molecule has 3 aromatic rings. The molecule has 9 heteroatoms. The lowest BCUT2D eigenvalue weighted by Gasteiger charge is -2.10. The molecule has 2 aromatic carbocycles. The SMILES string of the molecule is CS(=O)(=O)c1cccc(Nc2ccccc2-c2nnn(CCO)n2)c1. The number of benzene rings is 2. The maximum Gasteiger partial charge on any atom is 0.207 e. The quantitative estimate of drug-likeness (QED) is 0.686. The van der Waals surface area contributed by atoms with E-state index in [1.54, 1.807) is 24.3 Å². The minimum atomic E-state index is -3.28. The van der Waals surface area contributed by atoms with Crippen molar-refractivity contribution in [2.24, 2.45) is 0 Å². The molecule has 0 bridgehead atoms. The van der Waals surface area contributed by atoms with Gasteiger partial charge in [-0.1, -0.05) is 18.2 Å². The summed E-state index contributed by atoms with van der Waals surface area (Å²) in [7, 11) is -3.28. The van der Waals surface area contributed by atoms with Gasteiger partial charge in [0.2, 0.25) is 5.82 Å². The first-order chi connectivity index (χ1) is 12.0. The van der Waals surface area contributed by atoms with Crippen LogP contribution in [0.15, 0.2) is 53.4 Å². The Hall–Kier alpha value is -2.78. The number of sulfone groups is 1. The molecule has 0 aliphatic carbocycles. The van der Waals surface area contributed by atoms with Gasteiger partial charge in [-0.2, -0.15) is 4.80 Å². The Morgan fingerprint density at radius 3 is 2.72 bits per heavy atom. The number of hydrogen-bond acceptors (Lipinski definition) is 7. The van der Waals surface area contributed by atoms with Crippen LogP contribution in [0.4, 0.5) is 11.4 Å². The minimum Gasteiger partial charge on any atom is -0.394 e. The summed E-state index contributed by atoms with van der Waals surface area (Å²) in [5.41, 5.74) is 2.08. The van der Waals surface area contributed by atoms with Gasteiger partial charge in [-0.25, -0.2) is 8.42 Å². The highest BCUT2D eigenvalue weighted by molar-refractivity contribution is 7.90. The average Bonchev–Trinajstić information content (AvgIpc) is 3.04. The lowest BCUT2D eigenvalue weighted by atomic mass is 10.1. The lowest BCUT2D eigenvalue weighted by molar-refractivity contribution is 0.259. The number of aliphatic hydroxyl groups excluding tert-OH is 1. The van der Waals surface area contributed by atoms with Crippen molar-refractivity contribution in [2.75, 3.05) is 18.2 Å². The van der Waals surface area contributed by atoms with Gasteiger partial charge in [-0.3, -0.25) is 0 Å². The van der Waals surface area contributed by atoms with Crippen molar-refractivity contribution in [1.29, 1.82) is 0 Å². The average molecular weight is 359 g/mol. The fraction of sp³-hybridized carbons (Fsp3) is 0.188. The standard InChI is InChI=1S/C16H17N5O3S/c1-25(23,24)13-6-4-5-12(11-13)17-15-8-3-2-7-14(15)16-18-20-21(19-16)9-10-22/h2-8,11,17,22H,9-10H2,1H3. The third-order valence-electron chi connectivity index (χ3n) is 3.46. The van der Waals surface area contributed by atoms with E-state index in [-0.39, 0.29) is 18.0 Å². The van der Waals surface area contributed by atoms with Crippen molar-refractivity contribution in [3.05, 3.63) is 48.5 Å². The number of aromatic nitrogens is 4. The van der Waals surface area contributed by atoms with Crippen molar-refractivity contribution < 1.29 is 13.5 Å². The first-order valence-corrected chi connectivity index (χ1v) is 9.42. The smallest absolute Gasteiger partial charge is 0.207 e. The number of nitrogens with one attached hydrogen (secondary N) is 1. The Balaban J connectivity index is 1.94. The van der Waals surface area contributed by atoms with Crippen LogP contribution in [0.1, 0.15) is 0 Å².